The number of carbonyl (C=O) groups is 2. The van der Waals surface area contributed by atoms with Crippen LogP contribution in [-0.4, -0.2) is 42.3 Å². The minimum atomic E-state index is -0.614. The lowest BCUT2D eigenvalue weighted by Gasteiger charge is -2.40. The highest BCUT2D eigenvalue weighted by atomic mass is 16.6. The molecule has 2 aromatic rings. The molecule has 3 rings (SSSR count). The summed E-state index contributed by atoms with van der Waals surface area (Å²) in [4.78, 5) is 27.0. The zero-order valence-corrected chi connectivity index (χ0v) is 17.9. The van der Waals surface area contributed by atoms with Gasteiger partial charge in [-0.2, -0.15) is 0 Å². The second-order valence-electron chi connectivity index (χ2n) is 8.83. The molecule has 0 saturated carbocycles. The molecule has 1 fully saturated rings. The standard InChI is InChI=1S/C24H31NO4/c1-5-28-21(26)24(12-14-25(15-13-24)22(27)29-23(2,3)4)17-18-10-11-19-8-6-7-9-20(19)16-18/h6-11,16H,5,12-15,17H2,1-4H3. The molecule has 1 heterocycles. The number of esters is 1. The number of carbonyl (C=O) groups excluding carboxylic acids is 2. The summed E-state index contributed by atoms with van der Waals surface area (Å²) in [5.41, 5.74) is -0.0306. The second kappa shape index (κ2) is 8.44. The van der Waals surface area contributed by atoms with E-state index in [1.165, 1.54) is 5.39 Å². The van der Waals surface area contributed by atoms with E-state index in [4.69, 9.17) is 9.47 Å². The maximum atomic E-state index is 12.9. The fourth-order valence-electron chi connectivity index (χ4n) is 3.92. The zero-order chi connectivity index (χ0) is 21.1. The highest BCUT2D eigenvalue weighted by molar-refractivity contribution is 5.83. The number of amides is 1. The number of hydrogen-bond acceptors (Lipinski definition) is 4. The molecule has 1 aliphatic heterocycles. The molecule has 0 aliphatic carbocycles. The molecular formula is C24H31NO4. The van der Waals surface area contributed by atoms with Gasteiger partial charge in [0.05, 0.1) is 12.0 Å². The molecule has 0 spiro atoms. The van der Waals surface area contributed by atoms with Gasteiger partial charge in [-0.3, -0.25) is 4.79 Å². The third-order valence-corrected chi connectivity index (χ3v) is 5.44. The maximum absolute atomic E-state index is 12.9. The summed E-state index contributed by atoms with van der Waals surface area (Å²) < 4.78 is 10.9. The fraction of sp³-hybridized carbons (Fsp3) is 0.500. The van der Waals surface area contributed by atoms with E-state index in [1.807, 2.05) is 39.8 Å². The topological polar surface area (TPSA) is 55.8 Å². The number of hydrogen-bond donors (Lipinski definition) is 0. The molecule has 0 N–H and O–H groups in total. The first-order valence-corrected chi connectivity index (χ1v) is 10.4. The van der Waals surface area contributed by atoms with Gasteiger partial charge in [0, 0.05) is 13.1 Å². The smallest absolute Gasteiger partial charge is 0.410 e. The average molecular weight is 398 g/mol. The van der Waals surface area contributed by atoms with E-state index in [2.05, 4.69) is 30.3 Å². The first-order valence-electron chi connectivity index (χ1n) is 10.4. The summed E-state index contributed by atoms with van der Waals surface area (Å²) in [5, 5.41) is 2.34. The molecule has 156 valence electrons. The highest BCUT2D eigenvalue weighted by Crippen LogP contribution is 2.37. The molecule has 0 atom stereocenters. The average Bonchev–Trinajstić information content (AvgIpc) is 2.67. The minimum Gasteiger partial charge on any atom is -0.466 e. The molecular weight excluding hydrogens is 366 g/mol. The third kappa shape index (κ3) is 5.08. The van der Waals surface area contributed by atoms with Crippen LogP contribution in [0.3, 0.4) is 0 Å². The van der Waals surface area contributed by atoms with Gasteiger partial charge in [-0.25, -0.2) is 4.79 Å². The maximum Gasteiger partial charge on any atom is 0.410 e. The molecule has 1 amide bonds. The van der Waals surface area contributed by atoms with E-state index < -0.39 is 11.0 Å². The van der Waals surface area contributed by atoms with Crippen molar-refractivity contribution in [2.45, 2.75) is 52.6 Å². The van der Waals surface area contributed by atoms with Crippen molar-refractivity contribution in [1.29, 1.82) is 0 Å². The van der Waals surface area contributed by atoms with Gasteiger partial charge in [-0.05, 0) is 63.3 Å². The summed E-state index contributed by atoms with van der Waals surface area (Å²) >= 11 is 0. The molecule has 5 nitrogen and oxygen atoms in total. The number of nitrogens with zero attached hydrogens (tertiary/aromatic N) is 1. The normalized spacial score (nSPS) is 16.5. The van der Waals surface area contributed by atoms with Crippen molar-refractivity contribution in [3.8, 4) is 0 Å². The van der Waals surface area contributed by atoms with Gasteiger partial charge in [0.2, 0.25) is 0 Å². The molecule has 1 aliphatic rings. The predicted octanol–water partition coefficient (Wildman–Crippen LogP) is 4.96. The van der Waals surface area contributed by atoms with Crippen molar-refractivity contribution in [1.82, 2.24) is 4.90 Å². The number of rotatable bonds is 4. The van der Waals surface area contributed by atoms with Gasteiger partial charge in [0.15, 0.2) is 0 Å². The van der Waals surface area contributed by atoms with Crippen LogP contribution in [0.5, 0.6) is 0 Å². The first-order chi connectivity index (χ1) is 13.7. The summed E-state index contributed by atoms with van der Waals surface area (Å²) in [6, 6.07) is 14.5. The summed E-state index contributed by atoms with van der Waals surface area (Å²) in [6.45, 7) is 8.74. The first kappa shape index (κ1) is 21.2. The van der Waals surface area contributed by atoms with Crippen molar-refractivity contribution in [3.05, 3.63) is 48.0 Å². The van der Waals surface area contributed by atoms with Crippen molar-refractivity contribution >= 4 is 22.8 Å². The zero-order valence-electron chi connectivity index (χ0n) is 17.9. The Morgan fingerprint density at radius 3 is 2.31 bits per heavy atom. The number of benzene rings is 2. The number of ether oxygens (including phenoxy) is 2. The Morgan fingerprint density at radius 1 is 1.03 bits per heavy atom. The largest absolute Gasteiger partial charge is 0.466 e. The Balaban J connectivity index is 1.78. The lowest BCUT2D eigenvalue weighted by molar-refractivity contribution is -0.158. The van der Waals surface area contributed by atoms with E-state index in [-0.39, 0.29) is 12.1 Å². The van der Waals surface area contributed by atoms with E-state index in [0.717, 1.165) is 10.9 Å². The molecule has 0 bridgehead atoms. The van der Waals surface area contributed by atoms with E-state index in [9.17, 15) is 9.59 Å². The Hall–Kier alpha value is -2.56. The van der Waals surface area contributed by atoms with Gasteiger partial charge < -0.3 is 14.4 Å². The van der Waals surface area contributed by atoms with Crippen LogP contribution in [0.25, 0.3) is 10.8 Å². The SMILES string of the molecule is CCOC(=O)C1(Cc2ccc3ccccc3c2)CCN(C(=O)OC(C)(C)C)CC1. The van der Waals surface area contributed by atoms with Crippen LogP contribution in [0.15, 0.2) is 42.5 Å². The number of piperidine rings is 1. The Kier molecular flexibility index (Phi) is 6.15. The van der Waals surface area contributed by atoms with Crippen molar-refractivity contribution in [2.24, 2.45) is 5.41 Å². The van der Waals surface area contributed by atoms with E-state index >= 15 is 0 Å². The second-order valence-corrected chi connectivity index (χ2v) is 8.83. The molecule has 0 radical (unpaired) electrons. The fourth-order valence-corrected chi connectivity index (χ4v) is 3.92. The molecule has 0 aromatic heterocycles. The minimum absolute atomic E-state index is 0.169. The summed E-state index contributed by atoms with van der Waals surface area (Å²) in [6.07, 6.45) is 1.43. The quantitative estimate of drug-likeness (QED) is 0.684. The predicted molar refractivity (Wildman–Crippen MR) is 114 cm³/mol. The van der Waals surface area contributed by atoms with Gasteiger partial charge >= 0.3 is 12.1 Å². The van der Waals surface area contributed by atoms with Crippen LogP contribution in [0.1, 0.15) is 46.1 Å². The lowest BCUT2D eigenvalue weighted by atomic mass is 9.73. The van der Waals surface area contributed by atoms with Crippen LogP contribution in [0, 0.1) is 5.41 Å². The highest BCUT2D eigenvalue weighted by Gasteiger charge is 2.44. The molecule has 0 unspecified atom stereocenters. The number of fused-ring (bicyclic) bond motifs is 1. The Morgan fingerprint density at radius 2 is 1.69 bits per heavy atom. The Labute approximate surface area is 173 Å². The van der Waals surface area contributed by atoms with Crippen molar-refractivity contribution in [2.75, 3.05) is 19.7 Å². The Bertz CT molecular complexity index is 876. The van der Waals surface area contributed by atoms with Crippen molar-refractivity contribution in [3.63, 3.8) is 0 Å². The van der Waals surface area contributed by atoms with E-state index in [0.29, 0.717) is 39.0 Å². The molecule has 1 saturated heterocycles. The molecule has 2 aromatic carbocycles. The van der Waals surface area contributed by atoms with Gasteiger partial charge in [-0.15, -0.1) is 0 Å². The van der Waals surface area contributed by atoms with Crippen LogP contribution in [-0.2, 0) is 20.7 Å². The van der Waals surface area contributed by atoms with Gasteiger partial charge in [-0.1, -0.05) is 42.5 Å². The molecule has 5 heteroatoms. The van der Waals surface area contributed by atoms with Crippen molar-refractivity contribution < 1.29 is 19.1 Å². The third-order valence-electron chi connectivity index (χ3n) is 5.44. The lowest BCUT2D eigenvalue weighted by Crippen LogP contribution is -2.49. The van der Waals surface area contributed by atoms with Crippen LogP contribution < -0.4 is 0 Å². The number of likely N-dealkylation sites (tertiary alicyclic amines) is 1. The molecule has 29 heavy (non-hydrogen) atoms. The summed E-state index contributed by atoms with van der Waals surface area (Å²) in [7, 11) is 0. The van der Waals surface area contributed by atoms with Crippen LogP contribution in [0.4, 0.5) is 4.79 Å². The van der Waals surface area contributed by atoms with E-state index in [1.54, 1.807) is 4.90 Å². The van der Waals surface area contributed by atoms with Crippen LogP contribution >= 0.6 is 0 Å². The van der Waals surface area contributed by atoms with Gasteiger partial charge in [0.25, 0.3) is 0 Å². The van der Waals surface area contributed by atoms with Gasteiger partial charge in [0.1, 0.15) is 5.60 Å². The summed E-state index contributed by atoms with van der Waals surface area (Å²) in [5.74, 6) is -0.169. The van der Waals surface area contributed by atoms with Crippen LogP contribution in [0.2, 0.25) is 0 Å². The monoisotopic (exact) mass is 397 g/mol.